The molecular formula is C24H27OS+. The third-order valence-corrected chi connectivity index (χ3v) is 8.75. The summed E-state index contributed by atoms with van der Waals surface area (Å²) in [7, 11) is -2.61. The highest BCUT2D eigenvalue weighted by Gasteiger charge is 2.44. The van der Waals surface area contributed by atoms with Crippen molar-refractivity contribution in [2.45, 2.75) is 56.2 Å². The van der Waals surface area contributed by atoms with Crippen molar-refractivity contribution < 1.29 is 4.21 Å². The minimum Gasteiger partial charge on any atom is -0.0874 e. The Bertz CT molecular complexity index is 838. The van der Waals surface area contributed by atoms with Gasteiger partial charge in [-0.2, -0.15) is 0 Å². The molecule has 0 aliphatic rings. The van der Waals surface area contributed by atoms with Crippen LogP contribution in [0.3, 0.4) is 0 Å². The topological polar surface area (TPSA) is 17.1 Å². The van der Waals surface area contributed by atoms with Crippen LogP contribution in [-0.4, -0.2) is 0 Å². The van der Waals surface area contributed by atoms with Crippen LogP contribution in [0, 0.1) is 41.5 Å². The summed E-state index contributed by atoms with van der Waals surface area (Å²) in [6.07, 6.45) is 0. The molecule has 0 unspecified atom stereocenters. The van der Waals surface area contributed by atoms with Gasteiger partial charge >= 0.3 is 0 Å². The molecule has 0 aliphatic carbocycles. The van der Waals surface area contributed by atoms with E-state index in [0.29, 0.717) is 0 Å². The third kappa shape index (κ3) is 2.83. The Morgan fingerprint density at radius 1 is 0.462 bits per heavy atom. The normalized spacial score (nSPS) is 11.6. The fourth-order valence-electron chi connectivity index (χ4n) is 4.06. The first-order valence-electron chi connectivity index (χ1n) is 9.01. The van der Waals surface area contributed by atoms with Gasteiger partial charge in [0.25, 0.3) is 0 Å². The largest absolute Gasteiger partial charge is 0.183 e. The molecule has 0 spiro atoms. The van der Waals surface area contributed by atoms with E-state index in [1.165, 1.54) is 0 Å². The average molecular weight is 364 g/mol. The second-order valence-electron chi connectivity index (χ2n) is 7.22. The monoisotopic (exact) mass is 363 g/mol. The summed E-state index contributed by atoms with van der Waals surface area (Å²) < 4.78 is 15.1. The summed E-state index contributed by atoms with van der Waals surface area (Å²) in [4.78, 5) is 2.90. The average Bonchev–Trinajstić information content (AvgIpc) is 2.54. The molecule has 0 bridgehead atoms. The number of rotatable bonds is 3. The molecule has 0 aromatic heterocycles. The van der Waals surface area contributed by atoms with Crippen molar-refractivity contribution >= 4 is 9.93 Å². The van der Waals surface area contributed by atoms with E-state index in [9.17, 15) is 0 Å². The van der Waals surface area contributed by atoms with Gasteiger partial charge in [0.15, 0.2) is 24.6 Å². The maximum absolute atomic E-state index is 15.1. The molecule has 0 aliphatic heterocycles. The lowest BCUT2D eigenvalue weighted by atomic mass is 10.1. The fourth-order valence-corrected chi connectivity index (χ4v) is 7.81. The number of hydrogen-bond donors (Lipinski definition) is 0. The molecule has 0 heterocycles. The Morgan fingerprint density at radius 3 is 0.846 bits per heavy atom. The van der Waals surface area contributed by atoms with Crippen LogP contribution in [-0.2, 0) is 14.1 Å². The van der Waals surface area contributed by atoms with E-state index >= 15 is 4.21 Å². The van der Waals surface area contributed by atoms with Crippen LogP contribution in [0.2, 0.25) is 0 Å². The standard InChI is InChI=1S/C24H27OS/c1-16-10-7-11-17(2)22(16)26(25,23-18(3)12-8-13-19(23)4)24-20(5)14-9-15-21(24)6/h7-15H,1-6H3/q+1. The summed E-state index contributed by atoms with van der Waals surface area (Å²) in [6, 6.07) is 18.6. The Morgan fingerprint density at radius 2 is 0.654 bits per heavy atom. The highest BCUT2D eigenvalue weighted by Crippen LogP contribution is 2.45. The molecule has 0 saturated carbocycles. The zero-order chi connectivity index (χ0) is 19.1. The summed E-state index contributed by atoms with van der Waals surface area (Å²) in [5.41, 5.74) is 6.50. The molecular weight excluding hydrogens is 336 g/mol. The first-order chi connectivity index (χ1) is 12.3. The highest BCUT2D eigenvalue weighted by molar-refractivity contribution is 8.03. The van der Waals surface area contributed by atoms with Gasteiger partial charge in [0, 0.05) is 33.4 Å². The number of aryl methyl sites for hydroxylation is 6. The van der Waals surface area contributed by atoms with Gasteiger partial charge in [0.1, 0.15) is 0 Å². The van der Waals surface area contributed by atoms with Crippen molar-refractivity contribution in [3.8, 4) is 0 Å². The second kappa shape index (κ2) is 6.85. The summed E-state index contributed by atoms with van der Waals surface area (Å²) in [5.74, 6) is 0. The molecule has 0 atom stereocenters. The third-order valence-electron chi connectivity index (χ3n) is 5.09. The maximum atomic E-state index is 15.1. The van der Waals surface area contributed by atoms with Gasteiger partial charge in [-0.1, -0.05) is 58.8 Å². The maximum Gasteiger partial charge on any atom is 0.183 e. The zero-order valence-corrected chi connectivity index (χ0v) is 17.3. The van der Waals surface area contributed by atoms with Crippen LogP contribution in [0.25, 0.3) is 0 Å². The molecule has 0 N–H and O–H groups in total. The van der Waals surface area contributed by atoms with Crippen LogP contribution in [0.1, 0.15) is 33.4 Å². The van der Waals surface area contributed by atoms with Crippen molar-refractivity contribution in [3.63, 3.8) is 0 Å². The Labute approximate surface area is 158 Å². The van der Waals surface area contributed by atoms with Crippen molar-refractivity contribution in [3.05, 3.63) is 88.0 Å². The molecule has 0 amide bonds. The van der Waals surface area contributed by atoms with Crippen molar-refractivity contribution in [1.82, 2.24) is 0 Å². The van der Waals surface area contributed by atoms with Gasteiger partial charge in [-0.25, -0.2) is 0 Å². The number of hydrogen-bond acceptors (Lipinski definition) is 1. The lowest BCUT2D eigenvalue weighted by Gasteiger charge is -2.21. The predicted molar refractivity (Wildman–Crippen MR) is 111 cm³/mol. The minimum absolute atomic E-state index is 0.967. The van der Waals surface area contributed by atoms with Crippen molar-refractivity contribution in [2.24, 2.45) is 0 Å². The molecule has 134 valence electrons. The van der Waals surface area contributed by atoms with Crippen LogP contribution >= 0.6 is 0 Å². The van der Waals surface area contributed by atoms with E-state index in [0.717, 1.165) is 48.1 Å². The summed E-state index contributed by atoms with van der Waals surface area (Å²) >= 11 is 0. The molecule has 3 aromatic carbocycles. The predicted octanol–water partition coefficient (Wildman–Crippen LogP) is 6.51. The zero-order valence-electron chi connectivity index (χ0n) is 16.5. The van der Waals surface area contributed by atoms with E-state index in [1.54, 1.807) is 0 Å². The SMILES string of the molecule is Cc1cccc(C)c1[S+](=O)(c1c(C)cccc1C)c1c(C)cccc1C. The summed E-state index contributed by atoms with van der Waals surface area (Å²) in [5, 5.41) is 0. The molecule has 2 heteroatoms. The molecule has 0 fully saturated rings. The quantitative estimate of drug-likeness (QED) is 0.485. The van der Waals surface area contributed by atoms with Gasteiger partial charge in [-0.3, -0.25) is 0 Å². The second-order valence-corrected chi connectivity index (χ2v) is 9.56. The van der Waals surface area contributed by atoms with E-state index in [2.05, 4.69) is 77.9 Å². The van der Waals surface area contributed by atoms with Crippen molar-refractivity contribution in [2.75, 3.05) is 0 Å². The molecule has 3 aromatic rings. The number of benzene rings is 3. The first-order valence-corrected chi connectivity index (χ1v) is 10.6. The lowest BCUT2D eigenvalue weighted by molar-refractivity contribution is 0.581. The van der Waals surface area contributed by atoms with Crippen LogP contribution in [0.5, 0.6) is 0 Å². The van der Waals surface area contributed by atoms with Gasteiger partial charge in [-0.15, -0.1) is 0 Å². The van der Waals surface area contributed by atoms with E-state index < -0.39 is 9.93 Å². The fraction of sp³-hybridized carbons (Fsp3) is 0.250. The molecule has 3 rings (SSSR count). The van der Waals surface area contributed by atoms with Crippen LogP contribution < -0.4 is 0 Å². The van der Waals surface area contributed by atoms with Crippen molar-refractivity contribution in [1.29, 1.82) is 0 Å². The van der Waals surface area contributed by atoms with Gasteiger partial charge in [-0.05, 0) is 41.5 Å². The van der Waals surface area contributed by atoms with Gasteiger partial charge in [0.05, 0.1) is 0 Å². The Balaban J connectivity index is 2.56. The summed E-state index contributed by atoms with van der Waals surface area (Å²) in [6.45, 7) is 12.4. The van der Waals surface area contributed by atoms with E-state index in [4.69, 9.17) is 0 Å². The molecule has 26 heavy (non-hydrogen) atoms. The molecule has 1 nitrogen and oxygen atoms in total. The Hall–Kier alpha value is -2.19. The smallest absolute Gasteiger partial charge is 0.0874 e. The molecule has 0 saturated heterocycles. The first kappa shape index (κ1) is 18.6. The Kier molecular flexibility index (Phi) is 4.90. The van der Waals surface area contributed by atoms with Crippen LogP contribution in [0.15, 0.2) is 69.3 Å². The highest BCUT2D eigenvalue weighted by atomic mass is 32.2. The van der Waals surface area contributed by atoms with E-state index in [1.807, 2.05) is 18.2 Å². The van der Waals surface area contributed by atoms with Crippen LogP contribution in [0.4, 0.5) is 0 Å². The lowest BCUT2D eigenvalue weighted by Crippen LogP contribution is -2.20. The van der Waals surface area contributed by atoms with Gasteiger partial charge < -0.3 is 0 Å². The van der Waals surface area contributed by atoms with Gasteiger partial charge in [0.2, 0.25) is 0 Å². The molecule has 0 radical (unpaired) electrons. The minimum atomic E-state index is -2.61. The van der Waals surface area contributed by atoms with E-state index in [-0.39, 0.29) is 0 Å².